The Labute approximate surface area is 123 Å². The van der Waals surface area contributed by atoms with Crippen LogP contribution in [0.2, 0.25) is 0 Å². The summed E-state index contributed by atoms with van der Waals surface area (Å²) in [6, 6.07) is 7.88. The standard InChI is InChI=1S/C16H17N3O2/c17-9-14-13(10-19-8-4-3-7-15(14)19)11-21-18-16(20)12-5-1-2-6-12/h3-4,7-8,10,12H,1-2,5-6,11H2,(H,18,20). The largest absolute Gasteiger partial charge is 0.322 e. The van der Waals surface area contributed by atoms with Gasteiger partial charge in [-0.3, -0.25) is 9.63 Å². The summed E-state index contributed by atoms with van der Waals surface area (Å²) in [4.78, 5) is 17.2. The molecule has 0 spiro atoms. The van der Waals surface area contributed by atoms with Crippen molar-refractivity contribution in [3.8, 4) is 6.07 Å². The van der Waals surface area contributed by atoms with E-state index in [1.54, 1.807) is 0 Å². The van der Waals surface area contributed by atoms with Gasteiger partial charge in [-0.2, -0.15) is 5.26 Å². The molecule has 0 atom stereocenters. The lowest BCUT2D eigenvalue weighted by molar-refractivity contribution is -0.138. The van der Waals surface area contributed by atoms with Gasteiger partial charge in [-0.15, -0.1) is 0 Å². The lowest BCUT2D eigenvalue weighted by atomic mass is 10.1. The zero-order valence-electron chi connectivity index (χ0n) is 11.7. The average molecular weight is 283 g/mol. The molecule has 1 saturated carbocycles. The van der Waals surface area contributed by atoms with Gasteiger partial charge in [0.05, 0.1) is 11.1 Å². The normalized spacial score (nSPS) is 15.2. The molecule has 0 aliphatic heterocycles. The van der Waals surface area contributed by atoms with Crippen molar-refractivity contribution in [2.24, 2.45) is 5.92 Å². The number of fused-ring (bicyclic) bond motifs is 1. The first-order valence-corrected chi connectivity index (χ1v) is 7.20. The van der Waals surface area contributed by atoms with Crippen molar-refractivity contribution in [3.63, 3.8) is 0 Å². The Morgan fingerprint density at radius 1 is 1.43 bits per heavy atom. The SMILES string of the molecule is N#Cc1c(CONC(=O)C2CCCC2)cn2ccccc12. The van der Waals surface area contributed by atoms with Crippen molar-refractivity contribution in [1.82, 2.24) is 9.88 Å². The van der Waals surface area contributed by atoms with E-state index in [9.17, 15) is 10.1 Å². The Bertz CT molecular complexity index is 693. The van der Waals surface area contributed by atoms with Crippen LogP contribution in [-0.4, -0.2) is 10.3 Å². The monoisotopic (exact) mass is 283 g/mol. The highest BCUT2D eigenvalue weighted by Gasteiger charge is 2.22. The highest BCUT2D eigenvalue weighted by atomic mass is 16.6. The number of hydroxylamine groups is 1. The van der Waals surface area contributed by atoms with Crippen LogP contribution in [0, 0.1) is 17.2 Å². The number of amides is 1. The molecule has 0 saturated heterocycles. The van der Waals surface area contributed by atoms with Gasteiger partial charge in [0.1, 0.15) is 12.7 Å². The van der Waals surface area contributed by atoms with E-state index in [1.165, 1.54) is 0 Å². The van der Waals surface area contributed by atoms with Crippen LogP contribution in [0.3, 0.4) is 0 Å². The molecule has 0 unspecified atom stereocenters. The number of rotatable bonds is 4. The molecule has 2 aromatic heterocycles. The van der Waals surface area contributed by atoms with Gasteiger partial charge in [-0.05, 0) is 25.0 Å². The number of hydrogen-bond donors (Lipinski definition) is 1. The van der Waals surface area contributed by atoms with E-state index in [0.29, 0.717) is 5.56 Å². The van der Waals surface area contributed by atoms with Crippen molar-refractivity contribution in [3.05, 3.63) is 41.7 Å². The van der Waals surface area contributed by atoms with E-state index in [-0.39, 0.29) is 18.4 Å². The fraction of sp³-hybridized carbons (Fsp3) is 0.375. The molecule has 2 aromatic rings. The molecule has 1 aliphatic carbocycles. The third-order valence-electron chi connectivity index (χ3n) is 4.00. The van der Waals surface area contributed by atoms with Gasteiger partial charge in [-0.1, -0.05) is 18.9 Å². The summed E-state index contributed by atoms with van der Waals surface area (Å²) in [7, 11) is 0. The van der Waals surface area contributed by atoms with E-state index < -0.39 is 0 Å². The Hall–Kier alpha value is -2.32. The highest BCUT2D eigenvalue weighted by molar-refractivity contribution is 5.77. The molecule has 3 rings (SSSR count). The number of carbonyl (C=O) groups excluding carboxylic acids is 1. The van der Waals surface area contributed by atoms with E-state index in [2.05, 4.69) is 11.5 Å². The van der Waals surface area contributed by atoms with Crippen molar-refractivity contribution in [2.45, 2.75) is 32.3 Å². The van der Waals surface area contributed by atoms with Crippen LogP contribution in [0.1, 0.15) is 36.8 Å². The summed E-state index contributed by atoms with van der Waals surface area (Å²) in [6.07, 6.45) is 7.85. The third kappa shape index (κ3) is 2.76. The summed E-state index contributed by atoms with van der Waals surface area (Å²) >= 11 is 0. The maximum Gasteiger partial charge on any atom is 0.246 e. The molecule has 0 bridgehead atoms. The van der Waals surface area contributed by atoms with Crippen molar-refractivity contribution < 1.29 is 9.63 Å². The van der Waals surface area contributed by atoms with Crippen LogP contribution >= 0.6 is 0 Å². The number of pyridine rings is 1. The predicted octanol–water partition coefficient (Wildman–Crippen LogP) is 2.55. The first-order chi connectivity index (χ1) is 10.3. The zero-order chi connectivity index (χ0) is 14.7. The molecular weight excluding hydrogens is 266 g/mol. The maximum atomic E-state index is 11.9. The minimum atomic E-state index is -0.0465. The second-order valence-corrected chi connectivity index (χ2v) is 5.37. The van der Waals surface area contributed by atoms with Crippen LogP contribution in [0.5, 0.6) is 0 Å². The molecule has 0 aromatic carbocycles. The summed E-state index contributed by atoms with van der Waals surface area (Å²) in [5.41, 5.74) is 4.72. The molecule has 1 fully saturated rings. The molecule has 1 aliphatic rings. The van der Waals surface area contributed by atoms with Gasteiger partial charge in [0.15, 0.2) is 0 Å². The Morgan fingerprint density at radius 3 is 3.00 bits per heavy atom. The molecule has 2 heterocycles. The van der Waals surface area contributed by atoms with Crippen molar-refractivity contribution in [1.29, 1.82) is 5.26 Å². The first kappa shape index (κ1) is 13.7. The quantitative estimate of drug-likeness (QED) is 0.877. The number of aromatic nitrogens is 1. The van der Waals surface area contributed by atoms with Gasteiger partial charge in [0.25, 0.3) is 0 Å². The van der Waals surface area contributed by atoms with Gasteiger partial charge in [0, 0.05) is 23.9 Å². The molecule has 5 heteroatoms. The topological polar surface area (TPSA) is 66.5 Å². The average Bonchev–Trinajstić information content (AvgIpc) is 3.14. The van der Waals surface area contributed by atoms with E-state index in [0.717, 1.165) is 36.8 Å². The second kappa shape index (κ2) is 5.98. The number of nitrogens with one attached hydrogen (secondary N) is 1. The van der Waals surface area contributed by atoms with E-state index in [4.69, 9.17) is 4.84 Å². The summed E-state index contributed by atoms with van der Waals surface area (Å²) in [5, 5.41) is 9.28. The molecule has 21 heavy (non-hydrogen) atoms. The van der Waals surface area contributed by atoms with Gasteiger partial charge >= 0.3 is 0 Å². The highest BCUT2D eigenvalue weighted by Crippen LogP contribution is 2.24. The van der Waals surface area contributed by atoms with Crippen LogP contribution in [0.25, 0.3) is 5.52 Å². The van der Waals surface area contributed by atoms with Crippen molar-refractivity contribution in [2.75, 3.05) is 0 Å². The number of nitriles is 1. The molecule has 108 valence electrons. The number of nitrogens with zero attached hydrogens (tertiary/aromatic N) is 2. The van der Waals surface area contributed by atoms with Gasteiger partial charge in [-0.25, -0.2) is 5.48 Å². The van der Waals surface area contributed by atoms with Crippen LogP contribution in [0.15, 0.2) is 30.6 Å². The first-order valence-electron chi connectivity index (χ1n) is 7.20. The molecule has 5 nitrogen and oxygen atoms in total. The van der Waals surface area contributed by atoms with E-state index in [1.807, 2.05) is 35.0 Å². The number of carbonyl (C=O) groups is 1. The lowest BCUT2D eigenvalue weighted by Gasteiger charge is -2.09. The van der Waals surface area contributed by atoms with Crippen molar-refractivity contribution >= 4 is 11.4 Å². The lowest BCUT2D eigenvalue weighted by Crippen LogP contribution is -2.29. The molecule has 1 N–H and O–H groups in total. The Morgan fingerprint density at radius 2 is 2.24 bits per heavy atom. The minimum absolute atomic E-state index is 0.0465. The number of hydrogen-bond acceptors (Lipinski definition) is 3. The third-order valence-corrected chi connectivity index (χ3v) is 4.00. The molecule has 0 radical (unpaired) electrons. The predicted molar refractivity (Wildman–Crippen MR) is 77.0 cm³/mol. The van der Waals surface area contributed by atoms with Gasteiger partial charge in [0.2, 0.25) is 5.91 Å². The summed E-state index contributed by atoms with van der Waals surface area (Å²) < 4.78 is 1.88. The molecule has 1 amide bonds. The minimum Gasteiger partial charge on any atom is -0.322 e. The van der Waals surface area contributed by atoms with E-state index >= 15 is 0 Å². The van der Waals surface area contributed by atoms with Crippen LogP contribution in [-0.2, 0) is 16.2 Å². The Kier molecular flexibility index (Phi) is 3.89. The van der Waals surface area contributed by atoms with Crippen LogP contribution < -0.4 is 5.48 Å². The summed E-state index contributed by atoms with van der Waals surface area (Å²) in [6.45, 7) is 0.197. The fourth-order valence-corrected chi connectivity index (χ4v) is 2.87. The van der Waals surface area contributed by atoms with Crippen LogP contribution in [0.4, 0.5) is 0 Å². The van der Waals surface area contributed by atoms with Gasteiger partial charge < -0.3 is 4.40 Å². The Balaban J connectivity index is 1.65. The smallest absolute Gasteiger partial charge is 0.246 e. The fourth-order valence-electron chi connectivity index (χ4n) is 2.87. The second-order valence-electron chi connectivity index (χ2n) is 5.37. The summed E-state index contributed by atoms with van der Waals surface area (Å²) in [5.74, 6) is 0.0309. The zero-order valence-corrected chi connectivity index (χ0v) is 11.7. The maximum absolute atomic E-state index is 11.9. The molecular formula is C16H17N3O2.